The highest BCUT2D eigenvalue weighted by atomic mass is 15.1. The lowest BCUT2D eigenvalue weighted by atomic mass is 9.79. The molecule has 78 valence electrons. The van der Waals surface area contributed by atoms with Crippen molar-refractivity contribution in [2.45, 2.75) is 32.7 Å². The number of rotatable bonds is 5. The van der Waals surface area contributed by atoms with Crippen LogP contribution in [-0.4, -0.2) is 38.1 Å². The first-order valence-corrected chi connectivity index (χ1v) is 5.48. The Morgan fingerprint density at radius 3 is 2.38 bits per heavy atom. The summed E-state index contributed by atoms with van der Waals surface area (Å²) in [5, 5.41) is 3.54. The van der Waals surface area contributed by atoms with Crippen LogP contribution in [0.3, 0.4) is 0 Å². The van der Waals surface area contributed by atoms with Crippen molar-refractivity contribution in [3.63, 3.8) is 0 Å². The lowest BCUT2D eigenvalue weighted by Crippen LogP contribution is -2.47. The maximum Gasteiger partial charge on any atom is 0.0130 e. The van der Waals surface area contributed by atoms with Gasteiger partial charge in [-0.15, -0.1) is 0 Å². The average molecular weight is 184 g/mol. The van der Waals surface area contributed by atoms with Gasteiger partial charge in [0, 0.05) is 6.04 Å². The summed E-state index contributed by atoms with van der Waals surface area (Å²) in [5.41, 5.74) is 0. The summed E-state index contributed by atoms with van der Waals surface area (Å²) in [5.74, 6) is 1.67. The first kappa shape index (κ1) is 11.0. The highest BCUT2D eigenvalue weighted by molar-refractivity contribution is 4.87. The average Bonchev–Trinajstić information content (AvgIpc) is 1.93. The third-order valence-corrected chi connectivity index (χ3v) is 3.00. The van der Waals surface area contributed by atoms with Crippen molar-refractivity contribution in [1.82, 2.24) is 10.2 Å². The van der Waals surface area contributed by atoms with E-state index >= 15 is 0 Å². The Morgan fingerprint density at radius 1 is 1.31 bits per heavy atom. The Kier molecular flexibility index (Phi) is 4.20. The predicted octanol–water partition coefficient (Wildman–Crippen LogP) is 1.57. The standard InChI is InChI=1S/C11H24N2/c1-9(2)7-12-8-10-5-6-11(10)13(3)4/h9-12H,5-8H2,1-4H3. The maximum absolute atomic E-state index is 3.54. The van der Waals surface area contributed by atoms with E-state index in [1.807, 2.05) is 0 Å². The number of nitrogens with one attached hydrogen (secondary N) is 1. The smallest absolute Gasteiger partial charge is 0.0130 e. The van der Waals surface area contributed by atoms with Gasteiger partial charge < -0.3 is 10.2 Å². The highest BCUT2D eigenvalue weighted by Gasteiger charge is 2.31. The molecule has 0 spiro atoms. The molecule has 2 heteroatoms. The van der Waals surface area contributed by atoms with Gasteiger partial charge in [-0.1, -0.05) is 13.8 Å². The zero-order chi connectivity index (χ0) is 9.84. The van der Waals surface area contributed by atoms with Gasteiger partial charge in [0.05, 0.1) is 0 Å². The molecule has 2 nitrogen and oxygen atoms in total. The summed E-state index contributed by atoms with van der Waals surface area (Å²) in [4.78, 5) is 2.37. The van der Waals surface area contributed by atoms with Gasteiger partial charge in [0.1, 0.15) is 0 Å². The molecule has 0 radical (unpaired) electrons. The van der Waals surface area contributed by atoms with Crippen molar-refractivity contribution in [2.75, 3.05) is 27.2 Å². The van der Waals surface area contributed by atoms with Crippen molar-refractivity contribution < 1.29 is 0 Å². The van der Waals surface area contributed by atoms with Crippen molar-refractivity contribution in [2.24, 2.45) is 11.8 Å². The van der Waals surface area contributed by atoms with Gasteiger partial charge in [0.25, 0.3) is 0 Å². The third-order valence-electron chi connectivity index (χ3n) is 3.00. The lowest BCUT2D eigenvalue weighted by molar-refractivity contribution is 0.105. The number of hydrogen-bond acceptors (Lipinski definition) is 2. The first-order chi connectivity index (χ1) is 6.11. The van der Waals surface area contributed by atoms with E-state index in [1.54, 1.807) is 0 Å². The largest absolute Gasteiger partial charge is 0.316 e. The quantitative estimate of drug-likeness (QED) is 0.698. The van der Waals surface area contributed by atoms with Crippen LogP contribution in [0.1, 0.15) is 26.7 Å². The zero-order valence-electron chi connectivity index (χ0n) is 9.51. The fourth-order valence-corrected chi connectivity index (χ4v) is 2.03. The van der Waals surface area contributed by atoms with Gasteiger partial charge in [0.2, 0.25) is 0 Å². The van der Waals surface area contributed by atoms with Crippen LogP contribution in [0.2, 0.25) is 0 Å². The molecule has 1 rings (SSSR count). The number of nitrogens with zero attached hydrogens (tertiary/aromatic N) is 1. The normalized spacial score (nSPS) is 28.2. The molecule has 0 bridgehead atoms. The molecule has 0 amide bonds. The van der Waals surface area contributed by atoms with Gasteiger partial charge in [-0.2, -0.15) is 0 Å². The van der Waals surface area contributed by atoms with Crippen molar-refractivity contribution in [1.29, 1.82) is 0 Å². The molecule has 0 aromatic rings. The molecule has 0 aliphatic heterocycles. The monoisotopic (exact) mass is 184 g/mol. The second-order valence-corrected chi connectivity index (χ2v) is 4.92. The van der Waals surface area contributed by atoms with E-state index in [2.05, 4.69) is 38.2 Å². The molecule has 13 heavy (non-hydrogen) atoms. The van der Waals surface area contributed by atoms with Crippen LogP contribution >= 0.6 is 0 Å². The fourth-order valence-electron chi connectivity index (χ4n) is 2.03. The number of hydrogen-bond donors (Lipinski definition) is 1. The van der Waals surface area contributed by atoms with Crippen LogP contribution in [0.25, 0.3) is 0 Å². The van der Waals surface area contributed by atoms with E-state index in [1.165, 1.54) is 19.4 Å². The van der Waals surface area contributed by atoms with Crippen molar-refractivity contribution in [3.8, 4) is 0 Å². The second-order valence-electron chi connectivity index (χ2n) is 4.92. The van der Waals surface area contributed by atoms with Crippen LogP contribution in [0.5, 0.6) is 0 Å². The Hall–Kier alpha value is -0.0800. The molecule has 2 unspecified atom stereocenters. The molecule has 1 saturated carbocycles. The Morgan fingerprint density at radius 2 is 2.00 bits per heavy atom. The Balaban J connectivity index is 2.09. The van der Waals surface area contributed by atoms with Crippen LogP contribution in [0, 0.1) is 11.8 Å². The minimum atomic E-state index is 0.776. The van der Waals surface area contributed by atoms with E-state index in [0.717, 1.165) is 24.4 Å². The fraction of sp³-hybridized carbons (Fsp3) is 1.00. The summed E-state index contributed by atoms with van der Waals surface area (Å²) < 4.78 is 0. The van der Waals surface area contributed by atoms with Crippen LogP contribution in [0.4, 0.5) is 0 Å². The molecular formula is C11H24N2. The summed E-state index contributed by atoms with van der Waals surface area (Å²) in [6.07, 6.45) is 2.80. The molecule has 1 N–H and O–H groups in total. The zero-order valence-corrected chi connectivity index (χ0v) is 9.51. The molecule has 2 atom stereocenters. The molecule has 1 aliphatic rings. The van der Waals surface area contributed by atoms with Crippen LogP contribution < -0.4 is 5.32 Å². The molecule has 1 fully saturated rings. The lowest BCUT2D eigenvalue weighted by Gasteiger charge is -2.41. The minimum Gasteiger partial charge on any atom is -0.316 e. The Bertz CT molecular complexity index is 143. The molecular weight excluding hydrogens is 160 g/mol. The molecule has 0 aromatic heterocycles. The summed E-state index contributed by atoms with van der Waals surface area (Å²) in [6, 6.07) is 0.833. The van der Waals surface area contributed by atoms with Gasteiger partial charge in [-0.05, 0) is 51.9 Å². The van der Waals surface area contributed by atoms with Crippen molar-refractivity contribution in [3.05, 3.63) is 0 Å². The van der Waals surface area contributed by atoms with E-state index in [0.29, 0.717) is 0 Å². The van der Waals surface area contributed by atoms with E-state index in [9.17, 15) is 0 Å². The Labute approximate surface area is 82.7 Å². The van der Waals surface area contributed by atoms with Crippen LogP contribution in [-0.2, 0) is 0 Å². The second kappa shape index (κ2) is 4.97. The molecule has 0 heterocycles. The summed E-state index contributed by atoms with van der Waals surface area (Å²) in [6.45, 7) is 6.89. The van der Waals surface area contributed by atoms with E-state index < -0.39 is 0 Å². The van der Waals surface area contributed by atoms with Crippen LogP contribution in [0.15, 0.2) is 0 Å². The van der Waals surface area contributed by atoms with Gasteiger partial charge >= 0.3 is 0 Å². The first-order valence-electron chi connectivity index (χ1n) is 5.48. The highest BCUT2D eigenvalue weighted by Crippen LogP contribution is 2.29. The molecule has 0 aromatic carbocycles. The van der Waals surface area contributed by atoms with Gasteiger partial charge in [-0.3, -0.25) is 0 Å². The topological polar surface area (TPSA) is 15.3 Å². The summed E-state index contributed by atoms with van der Waals surface area (Å²) in [7, 11) is 4.39. The predicted molar refractivity (Wildman–Crippen MR) is 57.9 cm³/mol. The third kappa shape index (κ3) is 3.28. The SMILES string of the molecule is CC(C)CNCC1CCC1N(C)C. The van der Waals surface area contributed by atoms with E-state index in [4.69, 9.17) is 0 Å². The van der Waals surface area contributed by atoms with Gasteiger partial charge in [-0.25, -0.2) is 0 Å². The van der Waals surface area contributed by atoms with Crippen molar-refractivity contribution >= 4 is 0 Å². The molecule has 1 aliphatic carbocycles. The van der Waals surface area contributed by atoms with E-state index in [-0.39, 0.29) is 0 Å². The molecule has 0 saturated heterocycles. The maximum atomic E-state index is 3.54. The minimum absolute atomic E-state index is 0.776. The summed E-state index contributed by atoms with van der Waals surface area (Å²) >= 11 is 0. The van der Waals surface area contributed by atoms with Gasteiger partial charge in [0.15, 0.2) is 0 Å².